The Morgan fingerprint density at radius 2 is 1.94 bits per heavy atom. The lowest BCUT2D eigenvalue weighted by atomic mass is 10.2. The van der Waals surface area contributed by atoms with Crippen molar-refractivity contribution >= 4 is 16.5 Å². The van der Waals surface area contributed by atoms with E-state index in [9.17, 15) is 4.21 Å². The number of nitrogen functional groups attached to an aromatic ring is 1. The number of aliphatic hydroxyl groups is 1. The molecule has 0 aromatic heterocycles. The van der Waals surface area contributed by atoms with Crippen molar-refractivity contribution in [3.63, 3.8) is 0 Å². The molecule has 1 unspecified atom stereocenters. The van der Waals surface area contributed by atoms with Crippen LogP contribution in [0.1, 0.15) is 31.2 Å². The SMILES string of the molecule is Cc1ccc(N)cc1S(=O)CCCCCCO. The van der Waals surface area contributed by atoms with E-state index >= 15 is 0 Å². The van der Waals surface area contributed by atoms with Crippen molar-refractivity contribution in [1.82, 2.24) is 0 Å². The Morgan fingerprint density at radius 1 is 1.24 bits per heavy atom. The van der Waals surface area contributed by atoms with Crippen LogP contribution in [0.4, 0.5) is 5.69 Å². The zero-order chi connectivity index (χ0) is 12.7. The first-order chi connectivity index (χ1) is 8.15. The summed E-state index contributed by atoms with van der Waals surface area (Å²) >= 11 is 0. The second kappa shape index (κ2) is 7.45. The average Bonchev–Trinajstić information content (AvgIpc) is 2.32. The number of unbranched alkanes of at least 4 members (excludes halogenated alkanes) is 3. The Bertz CT molecular complexity index is 380. The van der Waals surface area contributed by atoms with Crippen molar-refractivity contribution in [2.24, 2.45) is 0 Å². The molecule has 4 heteroatoms. The lowest BCUT2D eigenvalue weighted by molar-refractivity contribution is 0.283. The van der Waals surface area contributed by atoms with E-state index in [1.807, 2.05) is 19.1 Å². The van der Waals surface area contributed by atoms with E-state index < -0.39 is 10.8 Å². The third-order valence-corrected chi connectivity index (χ3v) is 4.29. The van der Waals surface area contributed by atoms with E-state index in [-0.39, 0.29) is 6.61 Å². The molecule has 17 heavy (non-hydrogen) atoms. The predicted molar refractivity (Wildman–Crippen MR) is 72.4 cm³/mol. The van der Waals surface area contributed by atoms with E-state index in [0.29, 0.717) is 11.4 Å². The third kappa shape index (κ3) is 4.88. The lowest BCUT2D eigenvalue weighted by Gasteiger charge is -2.07. The molecule has 0 saturated carbocycles. The summed E-state index contributed by atoms with van der Waals surface area (Å²) < 4.78 is 12.1. The van der Waals surface area contributed by atoms with Gasteiger partial charge in [-0.2, -0.15) is 0 Å². The van der Waals surface area contributed by atoms with Gasteiger partial charge < -0.3 is 10.8 Å². The van der Waals surface area contributed by atoms with Crippen molar-refractivity contribution in [2.45, 2.75) is 37.5 Å². The van der Waals surface area contributed by atoms with Crippen LogP contribution < -0.4 is 5.73 Å². The zero-order valence-corrected chi connectivity index (χ0v) is 11.1. The smallest absolute Gasteiger partial charge is 0.0532 e. The van der Waals surface area contributed by atoms with Crippen LogP contribution in [-0.2, 0) is 10.8 Å². The molecule has 0 bridgehead atoms. The highest BCUT2D eigenvalue weighted by molar-refractivity contribution is 7.85. The summed E-state index contributed by atoms with van der Waals surface area (Å²) in [5, 5.41) is 8.65. The van der Waals surface area contributed by atoms with Gasteiger partial charge in [0.05, 0.1) is 10.8 Å². The number of aliphatic hydroxyl groups excluding tert-OH is 1. The summed E-state index contributed by atoms with van der Waals surface area (Å²) in [5.41, 5.74) is 7.40. The van der Waals surface area contributed by atoms with Crippen LogP contribution in [0.2, 0.25) is 0 Å². The topological polar surface area (TPSA) is 63.3 Å². The normalized spacial score (nSPS) is 12.6. The first-order valence-electron chi connectivity index (χ1n) is 6.00. The fourth-order valence-corrected chi connectivity index (χ4v) is 3.05. The molecule has 1 atom stereocenters. The molecule has 0 heterocycles. The van der Waals surface area contributed by atoms with E-state index in [4.69, 9.17) is 10.8 Å². The molecule has 0 saturated heterocycles. The van der Waals surface area contributed by atoms with Crippen LogP contribution in [0.15, 0.2) is 23.1 Å². The van der Waals surface area contributed by atoms with Crippen LogP contribution in [0.25, 0.3) is 0 Å². The molecule has 1 aromatic rings. The summed E-state index contributed by atoms with van der Waals surface area (Å²) in [7, 11) is -0.953. The standard InChI is InChI=1S/C13H21NO2S/c1-11-6-7-12(14)10-13(11)17(16)9-5-3-2-4-8-15/h6-7,10,15H,2-5,8-9,14H2,1H3. The summed E-state index contributed by atoms with van der Waals surface area (Å²) in [6.45, 7) is 2.20. The van der Waals surface area contributed by atoms with Crippen molar-refractivity contribution in [3.05, 3.63) is 23.8 Å². The lowest BCUT2D eigenvalue weighted by Crippen LogP contribution is -2.01. The fourth-order valence-electron chi connectivity index (χ4n) is 1.67. The molecule has 3 N–H and O–H groups in total. The number of rotatable bonds is 7. The first kappa shape index (κ1) is 14.2. The highest BCUT2D eigenvalue weighted by Crippen LogP contribution is 2.17. The molecule has 0 aliphatic carbocycles. The number of hydrogen-bond acceptors (Lipinski definition) is 3. The monoisotopic (exact) mass is 255 g/mol. The Balaban J connectivity index is 2.44. The first-order valence-corrected chi connectivity index (χ1v) is 7.32. The van der Waals surface area contributed by atoms with Crippen LogP contribution in [0.5, 0.6) is 0 Å². The molecule has 1 aromatic carbocycles. The van der Waals surface area contributed by atoms with Gasteiger partial charge >= 0.3 is 0 Å². The number of nitrogens with two attached hydrogens (primary N) is 1. The molecule has 0 aliphatic heterocycles. The van der Waals surface area contributed by atoms with Gasteiger partial charge in [0.2, 0.25) is 0 Å². The van der Waals surface area contributed by atoms with Gasteiger partial charge in [0.15, 0.2) is 0 Å². The Morgan fingerprint density at radius 3 is 2.65 bits per heavy atom. The highest BCUT2D eigenvalue weighted by Gasteiger charge is 2.07. The van der Waals surface area contributed by atoms with Crippen LogP contribution in [0.3, 0.4) is 0 Å². The minimum atomic E-state index is -0.953. The van der Waals surface area contributed by atoms with E-state index in [0.717, 1.165) is 36.1 Å². The molecule has 0 fully saturated rings. The minimum absolute atomic E-state index is 0.247. The maximum absolute atomic E-state index is 12.1. The number of hydrogen-bond donors (Lipinski definition) is 2. The van der Waals surface area contributed by atoms with Crippen molar-refractivity contribution in [1.29, 1.82) is 0 Å². The fraction of sp³-hybridized carbons (Fsp3) is 0.538. The van der Waals surface area contributed by atoms with Gasteiger partial charge in [0.25, 0.3) is 0 Å². The Hall–Kier alpha value is -0.870. The van der Waals surface area contributed by atoms with Crippen molar-refractivity contribution in [2.75, 3.05) is 18.1 Å². The van der Waals surface area contributed by atoms with Crippen LogP contribution >= 0.6 is 0 Å². The van der Waals surface area contributed by atoms with Crippen LogP contribution in [-0.4, -0.2) is 21.7 Å². The number of benzene rings is 1. The molecule has 3 nitrogen and oxygen atoms in total. The highest BCUT2D eigenvalue weighted by atomic mass is 32.2. The van der Waals surface area contributed by atoms with Gasteiger partial charge in [-0.05, 0) is 37.5 Å². The molecule has 1 rings (SSSR count). The summed E-state index contributed by atoms with van der Waals surface area (Å²) in [5.74, 6) is 0.676. The molecule has 0 spiro atoms. The molecule has 0 amide bonds. The maximum Gasteiger partial charge on any atom is 0.0532 e. The largest absolute Gasteiger partial charge is 0.399 e. The van der Waals surface area contributed by atoms with Gasteiger partial charge in [0.1, 0.15) is 0 Å². The molecule has 0 radical (unpaired) electrons. The predicted octanol–water partition coefficient (Wildman–Crippen LogP) is 2.24. The average molecular weight is 255 g/mol. The van der Waals surface area contributed by atoms with Crippen molar-refractivity contribution in [3.8, 4) is 0 Å². The van der Waals surface area contributed by atoms with E-state index in [2.05, 4.69) is 0 Å². The quantitative estimate of drug-likeness (QED) is 0.580. The van der Waals surface area contributed by atoms with E-state index in [1.54, 1.807) is 6.07 Å². The zero-order valence-electron chi connectivity index (χ0n) is 10.3. The molecular formula is C13H21NO2S. The number of aryl methyl sites for hydroxylation is 1. The second-order valence-electron chi connectivity index (χ2n) is 4.21. The van der Waals surface area contributed by atoms with Gasteiger partial charge in [-0.15, -0.1) is 0 Å². The third-order valence-electron chi connectivity index (χ3n) is 2.70. The molecular weight excluding hydrogens is 234 g/mol. The maximum atomic E-state index is 12.1. The van der Waals surface area contributed by atoms with Gasteiger partial charge in [-0.1, -0.05) is 18.9 Å². The summed E-state index contributed by atoms with van der Waals surface area (Å²) in [6, 6.07) is 5.55. The Kier molecular flexibility index (Phi) is 6.22. The molecule has 96 valence electrons. The van der Waals surface area contributed by atoms with Gasteiger partial charge in [-0.3, -0.25) is 4.21 Å². The second-order valence-corrected chi connectivity index (χ2v) is 5.75. The van der Waals surface area contributed by atoms with E-state index in [1.165, 1.54) is 0 Å². The molecule has 0 aliphatic rings. The number of anilines is 1. The minimum Gasteiger partial charge on any atom is -0.399 e. The van der Waals surface area contributed by atoms with Crippen LogP contribution in [0, 0.1) is 6.92 Å². The van der Waals surface area contributed by atoms with Gasteiger partial charge in [0, 0.05) is 22.9 Å². The van der Waals surface area contributed by atoms with Gasteiger partial charge in [-0.25, -0.2) is 0 Å². The summed E-state index contributed by atoms with van der Waals surface area (Å²) in [6.07, 6.45) is 3.79. The van der Waals surface area contributed by atoms with Crippen molar-refractivity contribution < 1.29 is 9.32 Å². The Labute approximate surface area is 105 Å². The summed E-state index contributed by atoms with van der Waals surface area (Å²) in [4.78, 5) is 0.854.